The van der Waals surface area contributed by atoms with Crippen molar-refractivity contribution in [3.8, 4) is 0 Å². The van der Waals surface area contributed by atoms with Crippen LogP contribution in [0.1, 0.15) is 44.1 Å². The normalized spacial score (nSPS) is 17.3. The van der Waals surface area contributed by atoms with E-state index in [4.69, 9.17) is 5.11 Å². The van der Waals surface area contributed by atoms with Crippen molar-refractivity contribution in [3.05, 3.63) is 18.0 Å². The van der Waals surface area contributed by atoms with Crippen molar-refractivity contribution >= 4 is 11.9 Å². The molecule has 1 fully saturated rings. The number of hydrogen-bond donors (Lipinski definition) is 3. The molecule has 104 valence electrons. The fourth-order valence-corrected chi connectivity index (χ4v) is 2.84. The molecule has 0 unspecified atom stereocenters. The van der Waals surface area contributed by atoms with Crippen molar-refractivity contribution in [2.24, 2.45) is 5.41 Å². The fourth-order valence-electron chi connectivity index (χ4n) is 2.84. The number of carbonyl (C=O) groups is 2. The van der Waals surface area contributed by atoms with Crippen molar-refractivity contribution in [2.75, 3.05) is 0 Å². The molecule has 1 aromatic heterocycles. The van der Waals surface area contributed by atoms with E-state index >= 15 is 0 Å². The minimum absolute atomic E-state index is 0.0793. The van der Waals surface area contributed by atoms with E-state index in [1.807, 2.05) is 0 Å². The molecule has 6 heteroatoms. The van der Waals surface area contributed by atoms with E-state index in [9.17, 15) is 9.59 Å². The standard InChI is InChI=1S/C13H19N3O3/c17-11(14-7-10-8-15-16-9-10)5-13(6-12(18)19)3-1-2-4-13/h8-9H,1-7H2,(H,14,17)(H,15,16)(H,18,19). The summed E-state index contributed by atoms with van der Waals surface area (Å²) < 4.78 is 0. The molecule has 0 saturated heterocycles. The Morgan fingerprint density at radius 3 is 2.68 bits per heavy atom. The van der Waals surface area contributed by atoms with Crippen LogP contribution in [0.25, 0.3) is 0 Å². The summed E-state index contributed by atoms with van der Waals surface area (Å²) in [7, 11) is 0. The van der Waals surface area contributed by atoms with Gasteiger partial charge in [-0.3, -0.25) is 14.7 Å². The van der Waals surface area contributed by atoms with Gasteiger partial charge in [-0.2, -0.15) is 5.10 Å². The number of H-pyrrole nitrogens is 1. The Labute approximate surface area is 111 Å². The predicted molar refractivity (Wildman–Crippen MR) is 68.2 cm³/mol. The van der Waals surface area contributed by atoms with Gasteiger partial charge in [0.15, 0.2) is 0 Å². The highest BCUT2D eigenvalue weighted by Gasteiger charge is 2.37. The van der Waals surface area contributed by atoms with Crippen molar-refractivity contribution in [3.63, 3.8) is 0 Å². The van der Waals surface area contributed by atoms with E-state index in [2.05, 4.69) is 15.5 Å². The van der Waals surface area contributed by atoms with Gasteiger partial charge < -0.3 is 10.4 Å². The van der Waals surface area contributed by atoms with Gasteiger partial charge in [0.05, 0.1) is 12.6 Å². The molecule has 1 aromatic rings. The van der Waals surface area contributed by atoms with Gasteiger partial charge in [-0.1, -0.05) is 12.8 Å². The smallest absolute Gasteiger partial charge is 0.303 e. The minimum atomic E-state index is -0.815. The zero-order valence-electron chi connectivity index (χ0n) is 10.8. The lowest BCUT2D eigenvalue weighted by molar-refractivity contribution is -0.140. The first-order valence-electron chi connectivity index (χ1n) is 6.56. The molecule has 6 nitrogen and oxygen atoms in total. The van der Waals surface area contributed by atoms with Crippen LogP contribution in [0.15, 0.2) is 12.4 Å². The number of aliphatic carboxylic acids is 1. The number of carbonyl (C=O) groups excluding carboxylic acids is 1. The average molecular weight is 265 g/mol. The molecule has 3 N–H and O–H groups in total. The van der Waals surface area contributed by atoms with Crippen LogP contribution in [0.3, 0.4) is 0 Å². The SMILES string of the molecule is O=C(O)CC1(CC(=O)NCc2cn[nH]c2)CCCC1. The molecule has 0 aliphatic heterocycles. The van der Waals surface area contributed by atoms with Gasteiger partial charge in [0.1, 0.15) is 0 Å². The molecule has 1 aliphatic carbocycles. The van der Waals surface area contributed by atoms with Crippen LogP contribution in [0.4, 0.5) is 0 Å². The maximum Gasteiger partial charge on any atom is 0.303 e. The van der Waals surface area contributed by atoms with E-state index in [1.54, 1.807) is 12.4 Å². The zero-order valence-corrected chi connectivity index (χ0v) is 10.8. The Bertz CT molecular complexity index is 436. The van der Waals surface area contributed by atoms with Crippen molar-refractivity contribution in [2.45, 2.75) is 45.1 Å². The highest BCUT2D eigenvalue weighted by atomic mass is 16.4. The van der Waals surface area contributed by atoms with Gasteiger partial charge in [-0.15, -0.1) is 0 Å². The predicted octanol–water partition coefficient (Wildman–Crippen LogP) is 1.45. The Hall–Kier alpha value is -1.85. The maximum atomic E-state index is 11.9. The zero-order chi connectivity index (χ0) is 13.7. The number of aromatic nitrogens is 2. The average Bonchev–Trinajstić information content (AvgIpc) is 2.97. The van der Waals surface area contributed by atoms with E-state index in [-0.39, 0.29) is 17.7 Å². The van der Waals surface area contributed by atoms with Gasteiger partial charge in [0.25, 0.3) is 0 Å². The number of carboxylic acids is 1. The highest BCUT2D eigenvalue weighted by molar-refractivity contribution is 5.78. The highest BCUT2D eigenvalue weighted by Crippen LogP contribution is 2.43. The molecular weight excluding hydrogens is 246 g/mol. The van der Waals surface area contributed by atoms with E-state index < -0.39 is 5.97 Å². The number of rotatable bonds is 6. The first kappa shape index (κ1) is 13.6. The third kappa shape index (κ3) is 3.81. The Morgan fingerprint density at radius 1 is 1.37 bits per heavy atom. The number of hydrogen-bond acceptors (Lipinski definition) is 3. The number of amides is 1. The van der Waals surface area contributed by atoms with Crippen LogP contribution in [-0.2, 0) is 16.1 Å². The van der Waals surface area contributed by atoms with Gasteiger partial charge in [0.2, 0.25) is 5.91 Å². The van der Waals surface area contributed by atoms with E-state index in [0.29, 0.717) is 13.0 Å². The van der Waals surface area contributed by atoms with Crippen molar-refractivity contribution in [1.82, 2.24) is 15.5 Å². The lowest BCUT2D eigenvalue weighted by atomic mass is 9.79. The third-order valence-electron chi connectivity index (χ3n) is 3.77. The quantitative estimate of drug-likeness (QED) is 0.725. The van der Waals surface area contributed by atoms with Gasteiger partial charge >= 0.3 is 5.97 Å². The van der Waals surface area contributed by atoms with E-state index in [0.717, 1.165) is 31.2 Å². The molecule has 1 heterocycles. The first-order valence-corrected chi connectivity index (χ1v) is 6.56. The summed E-state index contributed by atoms with van der Waals surface area (Å²) in [5.41, 5.74) is 0.568. The second kappa shape index (κ2) is 5.86. The molecule has 0 bridgehead atoms. The number of nitrogens with zero attached hydrogens (tertiary/aromatic N) is 1. The Kier molecular flexibility index (Phi) is 4.19. The Balaban J connectivity index is 1.86. The van der Waals surface area contributed by atoms with Gasteiger partial charge in [-0.25, -0.2) is 0 Å². The summed E-state index contributed by atoms with van der Waals surface area (Å²) in [5, 5.41) is 18.3. The van der Waals surface area contributed by atoms with Crippen LogP contribution in [0.2, 0.25) is 0 Å². The second-order valence-electron chi connectivity index (χ2n) is 5.34. The van der Waals surface area contributed by atoms with Gasteiger partial charge in [-0.05, 0) is 18.3 Å². The van der Waals surface area contributed by atoms with Gasteiger partial charge in [0, 0.05) is 24.7 Å². The van der Waals surface area contributed by atoms with Crippen LogP contribution < -0.4 is 5.32 Å². The molecule has 1 aliphatic rings. The molecule has 0 atom stereocenters. The second-order valence-corrected chi connectivity index (χ2v) is 5.34. The van der Waals surface area contributed by atoms with E-state index in [1.165, 1.54) is 0 Å². The van der Waals surface area contributed by atoms with Crippen LogP contribution in [0.5, 0.6) is 0 Å². The summed E-state index contributed by atoms with van der Waals surface area (Å²) in [6.07, 6.45) is 7.47. The largest absolute Gasteiger partial charge is 0.481 e. The lowest BCUT2D eigenvalue weighted by Gasteiger charge is -2.26. The molecule has 1 amide bonds. The topological polar surface area (TPSA) is 95.1 Å². The number of aromatic amines is 1. The lowest BCUT2D eigenvalue weighted by Crippen LogP contribution is -2.31. The summed E-state index contributed by atoms with van der Waals surface area (Å²) in [6.45, 7) is 0.429. The van der Waals surface area contributed by atoms with Crippen LogP contribution in [0, 0.1) is 5.41 Å². The minimum Gasteiger partial charge on any atom is -0.481 e. The fraction of sp³-hybridized carbons (Fsp3) is 0.615. The van der Waals surface area contributed by atoms with Crippen LogP contribution >= 0.6 is 0 Å². The van der Waals surface area contributed by atoms with Crippen molar-refractivity contribution < 1.29 is 14.7 Å². The first-order chi connectivity index (χ1) is 9.10. The monoisotopic (exact) mass is 265 g/mol. The maximum absolute atomic E-state index is 11.9. The summed E-state index contributed by atoms with van der Waals surface area (Å²) in [5.74, 6) is -0.895. The number of carboxylic acid groups (broad SMARTS) is 1. The molecule has 0 aromatic carbocycles. The molecule has 1 saturated carbocycles. The summed E-state index contributed by atoms with van der Waals surface area (Å²) in [6, 6.07) is 0. The molecule has 19 heavy (non-hydrogen) atoms. The van der Waals surface area contributed by atoms with Crippen LogP contribution in [-0.4, -0.2) is 27.2 Å². The third-order valence-corrected chi connectivity index (χ3v) is 3.77. The number of nitrogens with one attached hydrogen (secondary N) is 2. The molecule has 0 radical (unpaired) electrons. The van der Waals surface area contributed by atoms with Crippen molar-refractivity contribution in [1.29, 1.82) is 0 Å². The molecule has 0 spiro atoms. The molecule has 2 rings (SSSR count). The summed E-state index contributed by atoms with van der Waals surface area (Å²) in [4.78, 5) is 22.9. The molecular formula is C13H19N3O3. The Morgan fingerprint density at radius 2 is 2.11 bits per heavy atom. The summed E-state index contributed by atoms with van der Waals surface area (Å²) >= 11 is 0.